The van der Waals surface area contributed by atoms with Crippen molar-refractivity contribution in [2.45, 2.75) is 6.18 Å². The standard InChI is InChI=1S/C13H7F4NO3/c14-7-4-5-9(8(6-7)12(19)20)21-11-3-1-2-10(18-11)13(15,16)17/h1-6H,(H,19,20). The molecule has 0 atom stereocenters. The Hall–Kier alpha value is -2.64. The number of benzene rings is 1. The zero-order valence-electron chi connectivity index (χ0n) is 10.2. The molecule has 21 heavy (non-hydrogen) atoms. The van der Waals surface area contributed by atoms with Crippen LogP contribution in [0.15, 0.2) is 36.4 Å². The zero-order valence-corrected chi connectivity index (χ0v) is 10.2. The van der Waals surface area contributed by atoms with Gasteiger partial charge in [0.1, 0.15) is 22.8 Å². The molecule has 1 aromatic heterocycles. The van der Waals surface area contributed by atoms with Crippen LogP contribution in [0.25, 0.3) is 0 Å². The van der Waals surface area contributed by atoms with Crippen molar-refractivity contribution in [3.63, 3.8) is 0 Å². The average Bonchev–Trinajstić information content (AvgIpc) is 2.40. The third kappa shape index (κ3) is 3.47. The highest BCUT2D eigenvalue weighted by Gasteiger charge is 2.32. The number of nitrogens with zero attached hydrogens (tertiary/aromatic N) is 1. The van der Waals surface area contributed by atoms with Gasteiger partial charge in [-0.05, 0) is 24.3 Å². The van der Waals surface area contributed by atoms with Gasteiger partial charge in [-0.2, -0.15) is 13.2 Å². The maximum Gasteiger partial charge on any atom is 0.433 e. The number of carboxylic acid groups (broad SMARTS) is 1. The molecule has 110 valence electrons. The lowest BCUT2D eigenvalue weighted by atomic mass is 10.2. The Balaban J connectivity index is 2.37. The van der Waals surface area contributed by atoms with Crippen molar-refractivity contribution in [3.05, 3.63) is 53.5 Å². The predicted molar refractivity (Wildman–Crippen MR) is 62.7 cm³/mol. The van der Waals surface area contributed by atoms with Crippen LogP contribution in [0.4, 0.5) is 17.6 Å². The number of aromatic carboxylic acids is 1. The molecule has 2 aromatic rings. The third-order valence-corrected chi connectivity index (χ3v) is 2.40. The molecule has 0 unspecified atom stereocenters. The molecule has 8 heteroatoms. The second-order valence-electron chi connectivity index (χ2n) is 3.91. The van der Waals surface area contributed by atoms with E-state index in [-0.39, 0.29) is 5.75 Å². The number of alkyl halides is 3. The largest absolute Gasteiger partial charge is 0.478 e. The monoisotopic (exact) mass is 301 g/mol. The second-order valence-corrected chi connectivity index (χ2v) is 3.91. The molecular formula is C13H7F4NO3. The highest BCUT2D eigenvalue weighted by atomic mass is 19.4. The number of carbonyl (C=O) groups is 1. The van der Waals surface area contributed by atoms with Gasteiger partial charge in [0, 0.05) is 6.07 Å². The van der Waals surface area contributed by atoms with Crippen molar-refractivity contribution in [1.82, 2.24) is 4.98 Å². The molecule has 0 saturated heterocycles. The van der Waals surface area contributed by atoms with Crippen LogP contribution in [0.1, 0.15) is 16.1 Å². The van der Waals surface area contributed by atoms with E-state index in [4.69, 9.17) is 9.84 Å². The lowest BCUT2D eigenvalue weighted by Crippen LogP contribution is -2.08. The highest BCUT2D eigenvalue weighted by Crippen LogP contribution is 2.30. The summed E-state index contributed by atoms with van der Waals surface area (Å²) >= 11 is 0. The van der Waals surface area contributed by atoms with E-state index in [0.717, 1.165) is 30.3 Å². The quantitative estimate of drug-likeness (QED) is 0.878. The summed E-state index contributed by atoms with van der Waals surface area (Å²) in [6.07, 6.45) is -4.65. The fourth-order valence-corrected chi connectivity index (χ4v) is 1.50. The first-order valence-electron chi connectivity index (χ1n) is 5.52. The van der Waals surface area contributed by atoms with E-state index < -0.39 is 35.1 Å². The number of halogens is 4. The highest BCUT2D eigenvalue weighted by molar-refractivity contribution is 5.90. The lowest BCUT2D eigenvalue weighted by molar-refractivity contribution is -0.141. The Morgan fingerprint density at radius 1 is 1.19 bits per heavy atom. The summed E-state index contributed by atoms with van der Waals surface area (Å²) in [7, 11) is 0. The van der Waals surface area contributed by atoms with E-state index in [1.165, 1.54) is 0 Å². The van der Waals surface area contributed by atoms with Crippen LogP contribution in [0.2, 0.25) is 0 Å². The number of rotatable bonds is 3. The van der Waals surface area contributed by atoms with Crippen LogP contribution in [-0.2, 0) is 6.18 Å². The summed E-state index contributed by atoms with van der Waals surface area (Å²) in [5.41, 5.74) is -1.70. The number of hydrogen-bond acceptors (Lipinski definition) is 3. The summed E-state index contributed by atoms with van der Waals surface area (Å²) in [6.45, 7) is 0. The number of pyridine rings is 1. The van der Waals surface area contributed by atoms with E-state index in [2.05, 4.69) is 4.98 Å². The van der Waals surface area contributed by atoms with Crippen molar-refractivity contribution >= 4 is 5.97 Å². The topological polar surface area (TPSA) is 59.4 Å². The Bertz CT molecular complexity index is 685. The maximum absolute atomic E-state index is 13.0. The Kier molecular flexibility index (Phi) is 3.79. The van der Waals surface area contributed by atoms with Crippen molar-refractivity contribution in [1.29, 1.82) is 0 Å². The number of ether oxygens (including phenoxy) is 1. The fraction of sp³-hybridized carbons (Fsp3) is 0.0769. The minimum absolute atomic E-state index is 0.310. The van der Waals surface area contributed by atoms with Crippen molar-refractivity contribution in [2.24, 2.45) is 0 Å². The fourth-order valence-electron chi connectivity index (χ4n) is 1.50. The molecule has 0 aliphatic heterocycles. The van der Waals surface area contributed by atoms with Gasteiger partial charge in [0.15, 0.2) is 0 Å². The number of hydrogen-bond donors (Lipinski definition) is 1. The van der Waals surface area contributed by atoms with Crippen LogP contribution < -0.4 is 4.74 Å². The molecule has 2 rings (SSSR count). The van der Waals surface area contributed by atoms with Gasteiger partial charge in [-0.3, -0.25) is 0 Å². The van der Waals surface area contributed by atoms with Crippen molar-refractivity contribution < 1.29 is 32.2 Å². The molecule has 4 nitrogen and oxygen atoms in total. The summed E-state index contributed by atoms with van der Waals surface area (Å²) < 4.78 is 55.5. The molecule has 1 N–H and O–H groups in total. The average molecular weight is 301 g/mol. The predicted octanol–water partition coefficient (Wildman–Crippen LogP) is 3.73. The molecular weight excluding hydrogens is 294 g/mol. The molecule has 1 heterocycles. The van der Waals surface area contributed by atoms with E-state index in [1.54, 1.807) is 0 Å². The van der Waals surface area contributed by atoms with E-state index in [9.17, 15) is 22.4 Å². The third-order valence-electron chi connectivity index (χ3n) is 2.40. The van der Waals surface area contributed by atoms with E-state index in [1.807, 2.05) is 0 Å². The summed E-state index contributed by atoms with van der Waals surface area (Å²) in [6, 6.07) is 5.57. The zero-order chi connectivity index (χ0) is 15.6. The second kappa shape index (κ2) is 5.39. The molecule has 1 aromatic carbocycles. The first kappa shape index (κ1) is 14.8. The smallest absolute Gasteiger partial charge is 0.433 e. The molecule has 0 amide bonds. The van der Waals surface area contributed by atoms with E-state index in [0.29, 0.717) is 6.07 Å². The number of carboxylic acids is 1. The minimum atomic E-state index is -4.65. The van der Waals surface area contributed by atoms with Crippen LogP contribution in [0.3, 0.4) is 0 Å². The number of aromatic nitrogens is 1. The normalized spacial score (nSPS) is 11.2. The van der Waals surface area contributed by atoms with Gasteiger partial charge >= 0.3 is 12.1 Å². The Morgan fingerprint density at radius 2 is 1.90 bits per heavy atom. The van der Waals surface area contributed by atoms with Crippen molar-refractivity contribution in [3.8, 4) is 11.6 Å². The maximum atomic E-state index is 13.0. The Morgan fingerprint density at radius 3 is 2.52 bits per heavy atom. The van der Waals surface area contributed by atoms with Crippen molar-refractivity contribution in [2.75, 3.05) is 0 Å². The molecule has 0 aliphatic rings. The van der Waals surface area contributed by atoms with Gasteiger partial charge in [0.05, 0.1) is 0 Å². The van der Waals surface area contributed by atoms with Gasteiger partial charge in [0.2, 0.25) is 5.88 Å². The molecule has 0 spiro atoms. The van der Waals surface area contributed by atoms with Gasteiger partial charge in [-0.15, -0.1) is 0 Å². The molecule has 0 saturated carbocycles. The van der Waals surface area contributed by atoms with Gasteiger partial charge in [-0.1, -0.05) is 6.07 Å². The summed E-state index contributed by atoms with van der Waals surface area (Å²) in [4.78, 5) is 14.2. The SMILES string of the molecule is O=C(O)c1cc(F)ccc1Oc1cccc(C(F)(F)F)n1. The van der Waals surface area contributed by atoms with Gasteiger partial charge < -0.3 is 9.84 Å². The van der Waals surface area contributed by atoms with E-state index >= 15 is 0 Å². The van der Waals surface area contributed by atoms with Crippen LogP contribution in [0.5, 0.6) is 11.6 Å². The molecule has 0 radical (unpaired) electrons. The van der Waals surface area contributed by atoms with Crippen LogP contribution in [-0.4, -0.2) is 16.1 Å². The lowest BCUT2D eigenvalue weighted by Gasteiger charge is -2.10. The molecule has 0 bridgehead atoms. The minimum Gasteiger partial charge on any atom is -0.478 e. The molecule has 0 aliphatic carbocycles. The van der Waals surface area contributed by atoms with Gasteiger partial charge in [-0.25, -0.2) is 14.2 Å². The summed E-state index contributed by atoms with van der Waals surface area (Å²) in [5.74, 6) is -3.04. The van der Waals surface area contributed by atoms with Gasteiger partial charge in [0.25, 0.3) is 0 Å². The first-order chi connectivity index (χ1) is 9.77. The first-order valence-corrected chi connectivity index (χ1v) is 5.52. The Labute approximate surface area is 115 Å². The van der Waals surface area contributed by atoms with Crippen LogP contribution >= 0.6 is 0 Å². The molecule has 0 fully saturated rings. The van der Waals surface area contributed by atoms with Crippen LogP contribution in [0, 0.1) is 5.82 Å². The summed E-state index contributed by atoms with van der Waals surface area (Å²) in [5, 5.41) is 8.90.